The SMILES string of the molecule is O=C(Nc1ccccc1)c1cc2c(cc1Cl)SC(Nc1ccc(F)cc1)=NS2(=O)=O. The molecule has 1 aliphatic heterocycles. The van der Waals surface area contributed by atoms with Crippen LogP contribution in [0.5, 0.6) is 0 Å². The molecule has 3 aromatic carbocycles. The minimum atomic E-state index is -4.07. The first kappa shape index (κ1) is 20.4. The number of anilines is 2. The molecule has 3 aromatic rings. The lowest BCUT2D eigenvalue weighted by Gasteiger charge is -2.18. The summed E-state index contributed by atoms with van der Waals surface area (Å²) in [4.78, 5) is 12.8. The number of benzene rings is 3. The summed E-state index contributed by atoms with van der Waals surface area (Å²) in [7, 11) is -4.07. The lowest BCUT2D eigenvalue weighted by Crippen LogP contribution is -2.18. The molecule has 0 fully saturated rings. The number of amides is 1. The van der Waals surface area contributed by atoms with Crippen LogP contribution in [0.15, 0.2) is 80.9 Å². The Morgan fingerprint density at radius 3 is 2.40 bits per heavy atom. The maximum absolute atomic E-state index is 13.1. The van der Waals surface area contributed by atoms with Gasteiger partial charge in [-0.3, -0.25) is 4.79 Å². The first-order valence-electron chi connectivity index (χ1n) is 8.57. The second kappa shape index (κ2) is 8.10. The number of carbonyl (C=O) groups excluding carboxylic acids is 1. The largest absolute Gasteiger partial charge is 0.334 e. The van der Waals surface area contributed by atoms with Crippen molar-refractivity contribution in [2.24, 2.45) is 4.40 Å². The molecule has 0 unspecified atom stereocenters. The Morgan fingerprint density at radius 1 is 1.00 bits per heavy atom. The molecular weight excluding hydrogens is 449 g/mol. The van der Waals surface area contributed by atoms with E-state index in [0.29, 0.717) is 16.3 Å². The zero-order valence-corrected chi connectivity index (χ0v) is 17.5. The van der Waals surface area contributed by atoms with Crippen LogP contribution in [-0.4, -0.2) is 19.5 Å². The smallest absolute Gasteiger partial charge is 0.285 e. The Balaban J connectivity index is 1.63. The van der Waals surface area contributed by atoms with Gasteiger partial charge in [0.05, 0.1) is 10.6 Å². The lowest BCUT2D eigenvalue weighted by molar-refractivity contribution is 0.102. The predicted octanol–water partition coefficient (Wildman–Crippen LogP) is 4.99. The molecule has 30 heavy (non-hydrogen) atoms. The van der Waals surface area contributed by atoms with Crippen molar-refractivity contribution in [3.8, 4) is 0 Å². The summed E-state index contributed by atoms with van der Waals surface area (Å²) in [6.07, 6.45) is 0. The molecule has 1 amide bonds. The van der Waals surface area contributed by atoms with E-state index < -0.39 is 21.7 Å². The van der Waals surface area contributed by atoms with E-state index in [4.69, 9.17) is 11.6 Å². The molecule has 0 bridgehead atoms. The fourth-order valence-corrected chi connectivity index (χ4v) is 5.55. The highest BCUT2D eigenvalue weighted by atomic mass is 35.5. The number of thioether (sulfide) groups is 1. The molecule has 0 atom stereocenters. The first-order chi connectivity index (χ1) is 14.3. The average Bonchev–Trinajstić information content (AvgIpc) is 2.69. The number of para-hydroxylation sites is 1. The van der Waals surface area contributed by atoms with Gasteiger partial charge in [-0.15, -0.1) is 4.40 Å². The second-order valence-corrected chi connectivity index (χ2v) is 9.21. The van der Waals surface area contributed by atoms with Gasteiger partial charge in [-0.25, -0.2) is 4.39 Å². The first-order valence-corrected chi connectivity index (χ1v) is 11.2. The zero-order valence-electron chi connectivity index (χ0n) is 15.1. The third-order valence-electron chi connectivity index (χ3n) is 4.09. The van der Waals surface area contributed by atoms with Crippen molar-refractivity contribution in [3.05, 3.63) is 83.1 Å². The number of hydrogen-bond acceptors (Lipinski definition) is 5. The van der Waals surface area contributed by atoms with Gasteiger partial charge in [0, 0.05) is 16.3 Å². The third-order valence-corrected chi connectivity index (χ3v) is 6.91. The van der Waals surface area contributed by atoms with Gasteiger partial charge < -0.3 is 10.6 Å². The highest BCUT2D eigenvalue weighted by molar-refractivity contribution is 8.15. The molecular formula is C20H13ClFN3O3S2. The van der Waals surface area contributed by atoms with Gasteiger partial charge in [-0.2, -0.15) is 8.42 Å². The van der Waals surface area contributed by atoms with E-state index in [9.17, 15) is 17.6 Å². The number of amidine groups is 1. The number of fused-ring (bicyclic) bond motifs is 1. The van der Waals surface area contributed by atoms with Crippen molar-refractivity contribution in [1.82, 2.24) is 0 Å². The number of carbonyl (C=O) groups is 1. The standard InChI is InChI=1S/C20H13ClFN3O3S2/c21-16-11-17-18(10-15(16)19(26)23-13-4-2-1-3-5-13)30(27,28)25-20(29-17)24-14-8-6-12(22)7-9-14/h1-11H,(H,23,26)(H,24,25). The van der Waals surface area contributed by atoms with E-state index in [0.717, 1.165) is 11.8 Å². The van der Waals surface area contributed by atoms with Crippen LogP contribution < -0.4 is 10.6 Å². The molecule has 0 radical (unpaired) electrons. The molecule has 4 rings (SSSR count). The summed E-state index contributed by atoms with van der Waals surface area (Å²) in [6.45, 7) is 0. The van der Waals surface area contributed by atoms with Crippen molar-refractivity contribution in [1.29, 1.82) is 0 Å². The molecule has 152 valence electrons. The minimum Gasteiger partial charge on any atom is -0.334 e. The Labute approximate surface area is 181 Å². The maximum Gasteiger partial charge on any atom is 0.285 e. The molecule has 0 aliphatic carbocycles. The summed E-state index contributed by atoms with van der Waals surface area (Å²) in [5.41, 5.74) is 1.05. The number of nitrogens with one attached hydrogen (secondary N) is 2. The summed E-state index contributed by atoms with van der Waals surface area (Å²) in [5.74, 6) is -0.946. The fraction of sp³-hybridized carbons (Fsp3) is 0. The maximum atomic E-state index is 13.1. The van der Waals surface area contributed by atoms with Gasteiger partial charge in [0.15, 0.2) is 5.17 Å². The Bertz CT molecular complexity index is 1260. The van der Waals surface area contributed by atoms with E-state index >= 15 is 0 Å². The number of sulfonamides is 1. The summed E-state index contributed by atoms with van der Waals surface area (Å²) >= 11 is 7.32. The third kappa shape index (κ3) is 4.33. The molecule has 0 spiro atoms. The van der Waals surface area contributed by atoms with Crippen LogP contribution in [0.1, 0.15) is 10.4 Å². The van der Waals surface area contributed by atoms with Crippen LogP contribution in [0, 0.1) is 5.82 Å². The van der Waals surface area contributed by atoms with Gasteiger partial charge >= 0.3 is 0 Å². The average molecular weight is 462 g/mol. The van der Waals surface area contributed by atoms with Crippen molar-refractivity contribution < 1.29 is 17.6 Å². The van der Waals surface area contributed by atoms with Crippen molar-refractivity contribution in [2.45, 2.75) is 9.79 Å². The molecule has 1 aliphatic rings. The number of rotatable bonds is 3. The number of nitrogens with zero attached hydrogens (tertiary/aromatic N) is 1. The Kier molecular flexibility index (Phi) is 5.50. The topological polar surface area (TPSA) is 87.6 Å². The van der Waals surface area contributed by atoms with Crippen molar-refractivity contribution >= 4 is 55.8 Å². The normalized spacial score (nSPS) is 14.4. The van der Waals surface area contributed by atoms with E-state index in [1.165, 1.54) is 36.4 Å². The molecule has 0 aromatic heterocycles. The van der Waals surface area contributed by atoms with Gasteiger partial charge in [0.2, 0.25) is 0 Å². The highest BCUT2D eigenvalue weighted by Crippen LogP contribution is 2.38. The lowest BCUT2D eigenvalue weighted by atomic mass is 10.2. The quantitative estimate of drug-likeness (QED) is 0.573. The molecule has 10 heteroatoms. The van der Waals surface area contributed by atoms with Crippen LogP contribution in [0.2, 0.25) is 5.02 Å². The van der Waals surface area contributed by atoms with Gasteiger partial charge in [0.1, 0.15) is 10.7 Å². The molecule has 0 saturated heterocycles. The van der Waals surface area contributed by atoms with E-state index in [1.807, 2.05) is 0 Å². The molecule has 6 nitrogen and oxygen atoms in total. The summed E-state index contributed by atoms with van der Waals surface area (Å²) in [6, 6.07) is 16.8. The second-order valence-electron chi connectivity index (χ2n) is 6.20. The van der Waals surface area contributed by atoms with Crippen LogP contribution in [-0.2, 0) is 10.0 Å². The number of halogens is 2. The fourth-order valence-electron chi connectivity index (χ4n) is 2.70. The van der Waals surface area contributed by atoms with Gasteiger partial charge in [0.25, 0.3) is 15.9 Å². The monoisotopic (exact) mass is 461 g/mol. The van der Waals surface area contributed by atoms with Crippen LogP contribution in [0.4, 0.5) is 15.8 Å². The predicted molar refractivity (Wildman–Crippen MR) is 116 cm³/mol. The van der Waals surface area contributed by atoms with Gasteiger partial charge in [-0.05, 0) is 60.3 Å². The van der Waals surface area contributed by atoms with E-state index in [-0.39, 0.29) is 20.6 Å². The van der Waals surface area contributed by atoms with E-state index in [2.05, 4.69) is 15.0 Å². The Morgan fingerprint density at radius 2 is 1.70 bits per heavy atom. The van der Waals surface area contributed by atoms with Crippen LogP contribution >= 0.6 is 23.4 Å². The molecule has 2 N–H and O–H groups in total. The summed E-state index contributed by atoms with van der Waals surface area (Å²) < 4.78 is 42.2. The minimum absolute atomic E-state index is 0.0218. The molecule has 1 heterocycles. The van der Waals surface area contributed by atoms with Crippen molar-refractivity contribution in [3.63, 3.8) is 0 Å². The van der Waals surface area contributed by atoms with Crippen molar-refractivity contribution in [2.75, 3.05) is 10.6 Å². The number of hydrogen-bond donors (Lipinski definition) is 2. The van der Waals surface area contributed by atoms with E-state index in [1.54, 1.807) is 30.3 Å². The zero-order chi connectivity index (χ0) is 21.3. The molecule has 0 saturated carbocycles. The highest BCUT2D eigenvalue weighted by Gasteiger charge is 2.29. The Hall–Kier alpha value is -2.88. The summed E-state index contributed by atoms with van der Waals surface area (Å²) in [5, 5.41) is 5.71. The van der Waals surface area contributed by atoms with Crippen LogP contribution in [0.25, 0.3) is 0 Å². The van der Waals surface area contributed by atoms with Crippen LogP contribution in [0.3, 0.4) is 0 Å². The van der Waals surface area contributed by atoms with Gasteiger partial charge in [-0.1, -0.05) is 29.8 Å².